The Kier molecular flexibility index (Phi) is 5.72. The van der Waals surface area contributed by atoms with Crippen molar-refractivity contribution in [2.75, 3.05) is 13.1 Å². The Morgan fingerprint density at radius 1 is 1.30 bits per heavy atom. The quantitative estimate of drug-likeness (QED) is 0.351. The second-order valence-corrected chi connectivity index (χ2v) is 6.22. The monoisotopic (exact) mass is 383 g/mol. The van der Waals surface area contributed by atoms with Crippen molar-refractivity contribution >= 4 is 23.1 Å². The standard InChI is InChI=1S/C18H17N5O3S/c24-17(14-6-2-1-3-7-14)21-18(27)15(23(25)26)16-20-9-10-22(16)12-13-5-4-8-19-11-13/h1-8,11,20H,9-10,12H2,(H,21,24,27)/b16-15-. The maximum atomic E-state index is 12.3. The number of carbonyl (C=O) groups is 1. The molecule has 3 rings (SSSR count). The summed E-state index contributed by atoms with van der Waals surface area (Å²) in [6.07, 6.45) is 3.37. The van der Waals surface area contributed by atoms with E-state index < -0.39 is 10.8 Å². The van der Waals surface area contributed by atoms with Crippen LogP contribution in [-0.4, -0.2) is 38.8 Å². The fraction of sp³-hybridized carbons (Fsp3) is 0.167. The lowest BCUT2D eigenvalue weighted by atomic mass is 10.2. The zero-order valence-electron chi connectivity index (χ0n) is 14.3. The van der Waals surface area contributed by atoms with Crippen LogP contribution in [0.15, 0.2) is 66.4 Å². The van der Waals surface area contributed by atoms with E-state index in [9.17, 15) is 14.9 Å². The summed E-state index contributed by atoms with van der Waals surface area (Å²) in [5.41, 5.74) is 0.968. The van der Waals surface area contributed by atoms with E-state index in [1.807, 2.05) is 11.0 Å². The molecule has 27 heavy (non-hydrogen) atoms. The molecule has 2 aromatic rings. The molecular formula is C18H17N5O3S. The lowest BCUT2D eigenvalue weighted by Crippen LogP contribution is -2.36. The molecule has 0 unspecified atom stereocenters. The third-order valence-corrected chi connectivity index (χ3v) is 4.27. The van der Waals surface area contributed by atoms with Gasteiger partial charge in [0.05, 0.1) is 4.92 Å². The molecule has 1 aliphatic rings. The average molecular weight is 383 g/mol. The largest absolute Gasteiger partial charge is 0.364 e. The number of hydrogen-bond donors (Lipinski definition) is 2. The maximum absolute atomic E-state index is 12.3. The van der Waals surface area contributed by atoms with Gasteiger partial charge in [-0.3, -0.25) is 19.9 Å². The van der Waals surface area contributed by atoms with Gasteiger partial charge >= 0.3 is 5.70 Å². The van der Waals surface area contributed by atoms with Gasteiger partial charge < -0.3 is 15.5 Å². The molecule has 1 fully saturated rings. The van der Waals surface area contributed by atoms with Crippen LogP contribution in [-0.2, 0) is 6.54 Å². The number of aromatic nitrogens is 1. The molecule has 0 aliphatic carbocycles. The minimum Gasteiger partial charge on any atom is -0.364 e. The van der Waals surface area contributed by atoms with Crippen LogP contribution >= 0.6 is 12.2 Å². The van der Waals surface area contributed by atoms with Crippen molar-refractivity contribution in [3.8, 4) is 0 Å². The minimum atomic E-state index is -0.572. The van der Waals surface area contributed by atoms with Crippen molar-refractivity contribution < 1.29 is 9.72 Å². The SMILES string of the molecule is O=C(NC(=S)/C(=C1\NCCN1Cc1cccnc1)[N+](=O)[O-])c1ccccc1. The first-order valence-corrected chi connectivity index (χ1v) is 8.64. The van der Waals surface area contributed by atoms with Crippen LogP contribution in [0.3, 0.4) is 0 Å². The molecule has 1 saturated heterocycles. The van der Waals surface area contributed by atoms with Gasteiger partial charge in [0.2, 0.25) is 0 Å². The molecule has 138 valence electrons. The third kappa shape index (κ3) is 4.45. The molecule has 1 amide bonds. The molecule has 0 radical (unpaired) electrons. The number of amides is 1. The van der Waals surface area contributed by atoms with Gasteiger partial charge in [-0.2, -0.15) is 0 Å². The number of nitrogens with one attached hydrogen (secondary N) is 2. The van der Waals surface area contributed by atoms with Crippen LogP contribution in [0.2, 0.25) is 0 Å². The van der Waals surface area contributed by atoms with Crippen LogP contribution in [0, 0.1) is 10.1 Å². The highest BCUT2D eigenvalue weighted by molar-refractivity contribution is 7.80. The van der Waals surface area contributed by atoms with E-state index in [1.165, 1.54) is 0 Å². The number of pyridine rings is 1. The van der Waals surface area contributed by atoms with Crippen LogP contribution in [0.1, 0.15) is 15.9 Å². The van der Waals surface area contributed by atoms with Crippen LogP contribution < -0.4 is 10.6 Å². The maximum Gasteiger partial charge on any atom is 0.343 e. The van der Waals surface area contributed by atoms with Crippen molar-refractivity contribution in [2.24, 2.45) is 0 Å². The normalized spacial score (nSPS) is 15.0. The highest BCUT2D eigenvalue weighted by Crippen LogP contribution is 2.17. The molecule has 9 heteroatoms. The highest BCUT2D eigenvalue weighted by Gasteiger charge is 2.32. The van der Waals surface area contributed by atoms with E-state index in [1.54, 1.807) is 48.8 Å². The van der Waals surface area contributed by atoms with Gasteiger partial charge in [0.25, 0.3) is 5.91 Å². The molecule has 1 aliphatic heterocycles. The summed E-state index contributed by atoms with van der Waals surface area (Å²) < 4.78 is 0. The molecule has 0 bridgehead atoms. The van der Waals surface area contributed by atoms with E-state index >= 15 is 0 Å². The van der Waals surface area contributed by atoms with Crippen LogP contribution in [0.25, 0.3) is 0 Å². The Bertz CT molecular complexity index is 886. The second kappa shape index (κ2) is 8.37. The second-order valence-electron chi connectivity index (χ2n) is 5.81. The fourth-order valence-corrected chi connectivity index (χ4v) is 3.00. The number of benzene rings is 1. The number of rotatable bonds is 5. The van der Waals surface area contributed by atoms with E-state index in [0.29, 0.717) is 31.0 Å². The molecule has 2 heterocycles. The Morgan fingerprint density at radius 2 is 2.07 bits per heavy atom. The summed E-state index contributed by atoms with van der Waals surface area (Å²) >= 11 is 5.17. The number of nitro groups is 1. The Balaban J connectivity index is 1.83. The number of carbonyl (C=O) groups excluding carboxylic acids is 1. The molecule has 1 aromatic heterocycles. The summed E-state index contributed by atoms with van der Waals surface area (Å²) in [7, 11) is 0. The summed E-state index contributed by atoms with van der Waals surface area (Å²) in [5.74, 6) is -0.195. The highest BCUT2D eigenvalue weighted by atomic mass is 32.1. The molecule has 1 aromatic carbocycles. The fourth-order valence-electron chi connectivity index (χ4n) is 2.74. The van der Waals surface area contributed by atoms with Crippen molar-refractivity contribution in [3.63, 3.8) is 0 Å². The molecule has 0 saturated carbocycles. The Labute approximate surface area is 161 Å². The van der Waals surface area contributed by atoms with Gasteiger partial charge in [-0.15, -0.1) is 0 Å². The van der Waals surface area contributed by atoms with Gasteiger partial charge in [-0.05, 0) is 23.8 Å². The average Bonchev–Trinajstić information content (AvgIpc) is 3.10. The third-order valence-electron chi connectivity index (χ3n) is 3.97. The summed E-state index contributed by atoms with van der Waals surface area (Å²) in [6, 6.07) is 12.1. The zero-order valence-corrected chi connectivity index (χ0v) is 15.1. The topological polar surface area (TPSA) is 100 Å². The molecule has 2 N–H and O–H groups in total. The lowest BCUT2D eigenvalue weighted by molar-refractivity contribution is -0.417. The minimum absolute atomic E-state index is 0.227. The number of hydrogen-bond acceptors (Lipinski definition) is 7. The number of thiocarbonyl (C=S) groups is 1. The molecule has 0 atom stereocenters. The van der Waals surface area contributed by atoms with Crippen molar-refractivity contribution in [1.29, 1.82) is 0 Å². The van der Waals surface area contributed by atoms with Crippen LogP contribution in [0.4, 0.5) is 0 Å². The van der Waals surface area contributed by atoms with Gasteiger partial charge in [0.1, 0.15) is 0 Å². The van der Waals surface area contributed by atoms with Gasteiger partial charge in [-0.25, -0.2) is 0 Å². The smallest absolute Gasteiger partial charge is 0.343 e. The lowest BCUT2D eigenvalue weighted by Gasteiger charge is -2.19. The van der Waals surface area contributed by atoms with Crippen molar-refractivity contribution in [3.05, 3.63) is 87.6 Å². The molecule has 8 nitrogen and oxygen atoms in total. The first-order chi connectivity index (χ1) is 13.1. The van der Waals surface area contributed by atoms with Gasteiger partial charge in [-0.1, -0.05) is 36.5 Å². The predicted molar refractivity (Wildman–Crippen MR) is 103 cm³/mol. The van der Waals surface area contributed by atoms with E-state index in [2.05, 4.69) is 15.6 Å². The van der Waals surface area contributed by atoms with E-state index in [4.69, 9.17) is 12.2 Å². The first kappa shape index (κ1) is 18.5. The molecular weight excluding hydrogens is 366 g/mol. The predicted octanol–water partition coefficient (Wildman–Crippen LogP) is 1.69. The van der Waals surface area contributed by atoms with E-state index in [0.717, 1.165) is 5.56 Å². The van der Waals surface area contributed by atoms with E-state index in [-0.39, 0.29) is 10.7 Å². The molecule has 0 spiro atoms. The van der Waals surface area contributed by atoms with Crippen molar-refractivity contribution in [1.82, 2.24) is 20.5 Å². The Hall–Kier alpha value is -3.33. The Morgan fingerprint density at radius 3 is 2.74 bits per heavy atom. The zero-order chi connectivity index (χ0) is 19.2. The summed E-state index contributed by atoms with van der Waals surface area (Å²) in [5, 5.41) is 17.1. The number of nitrogens with zero attached hydrogens (tertiary/aromatic N) is 3. The summed E-state index contributed by atoms with van der Waals surface area (Å²) in [4.78, 5) is 29.0. The first-order valence-electron chi connectivity index (χ1n) is 8.23. The summed E-state index contributed by atoms with van der Waals surface area (Å²) in [6.45, 7) is 1.57. The van der Waals surface area contributed by atoms with Gasteiger partial charge in [0, 0.05) is 37.6 Å². The van der Waals surface area contributed by atoms with Crippen LogP contribution in [0.5, 0.6) is 0 Å². The van der Waals surface area contributed by atoms with Gasteiger partial charge in [0.15, 0.2) is 10.8 Å². The van der Waals surface area contributed by atoms with Crippen molar-refractivity contribution in [2.45, 2.75) is 6.54 Å².